The first-order chi connectivity index (χ1) is 14.5. The number of pyridine rings is 1. The van der Waals surface area contributed by atoms with Gasteiger partial charge in [-0.2, -0.15) is 5.10 Å². The third-order valence-corrected chi connectivity index (χ3v) is 6.69. The molecule has 0 aliphatic rings. The topological polar surface area (TPSA) is 47.8 Å². The van der Waals surface area contributed by atoms with E-state index in [0.29, 0.717) is 6.04 Å². The number of unbranched alkanes of at least 4 members (excludes halogenated alkanes) is 2. The molecule has 3 aromatic rings. The second-order valence-corrected chi connectivity index (χ2v) is 10.1. The first-order valence-corrected chi connectivity index (χ1v) is 12.8. The summed E-state index contributed by atoms with van der Waals surface area (Å²) in [5, 5.41) is 5.88. The van der Waals surface area contributed by atoms with Crippen LogP contribution in [0.5, 0.6) is 0 Å². The van der Waals surface area contributed by atoms with Crippen molar-refractivity contribution in [2.75, 3.05) is 6.26 Å². The fourth-order valence-corrected chi connectivity index (χ4v) is 4.56. The van der Waals surface area contributed by atoms with Gasteiger partial charge in [0.25, 0.3) is 0 Å². The van der Waals surface area contributed by atoms with Gasteiger partial charge in [-0.1, -0.05) is 65.0 Å². The molecule has 2 unspecified atom stereocenters. The van der Waals surface area contributed by atoms with E-state index in [1.165, 1.54) is 32.1 Å². The number of nitrogens with zero attached hydrogens (tertiary/aromatic N) is 3. The summed E-state index contributed by atoms with van der Waals surface area (Å²) in [6, 6.07) is 10.4. The fraction of sp³-hybridized carbons (Fsp3) is 0.520. The molecule has 3 rings (SSSR count). The molecule has 162 valence electrons. The van der Waals surface area contributed by atoms with Gasteiger partial charge in [0, 0.05) is 32.9 Å². The molecule has 0 spiro atoms. The molecule has 0 aliphatic carbocycles. The largest absolute Gasteiger partial charge is 0.260 e. The number of hydrogen-bond acceptors (Lipinski definition) is 3. The van der Waals surface area contributed by atoms with Gasteiger partial charge in [-0.05, 0) is 37.0 Å². The molecule has 0 amide bonds. The SMILES string of the molecule is CCCC(CCCCCC(C)C)n1ncc2cc(-c3ccc(S(C)=O)cc3)ncc21. The third-order valence-electron chi connectivity index (χ3n) is 5.75. The van der Waals surface area contributed by atoms with Gasteiger partial charge in [0.15, 0.2) is 0 Å². The quantitative estimate of drug-likeness (QED) is 0.318. The minimum atomic E-state index is -0.961. The zero-order chi connectivity index (χ0) is 21.5. The molecule has 5 heteroatoms. The summed E-state index contributed by atoms with van der Waals surface area (Å²) in [5.74, 6) is 0.798. The molecule has 4 nitrogen and oxygen atoms in total. The lowest BCUT2D eigenvalue weighted by Gasteiger charge is -2.18. The van der Waals surface area contributed by atoms with Gasteiger partial charge < -0.3 is 0 Å². The first-order valence-electron chi connectivity index (χ1n) is 11.3. The van der Waals surface area contributed by atoms with Gasteiger partial charge in [0.2, 0.25) is 0 Å². The number of fused-ring (bicyclic) bond motifs is 1. The summed E-state index contributed by atoms with van der Waals surface area (Å²) in [5.41, 5.74) is 3.08. The fourth-order valence-electron chi connectivity index (χ4n) is 4.04. The van der Waals surface area contributed by atoms with Crippen LogP contribution in [0.2, 0.25) is 0 Å². The maximum atomic E-state index is 11.6. The Morgan fingerprint density at radius 3 is 2.40 bits per heavy atom. The Hall–Kier alpha value is -2.01. The van der Waals surface area contributed by atoms with E-state index in [4.69, 9.17) is 10.1 Å². The van der Waals surface area contributed by atoms with E-state index in [1.54, 1.807) is 6.26 Å². The van der Waals surface area contributed by atoms with E-state index in [-0.39, 0.29) is 0 Å². The van der Waals surface area contributed by atoms with E-state index in [1.807, 2.05) is 36.7 Å². The van der Waals surface area contributed by atoms with Gasteiger partial charge >= 0.3 is 0 Å². The summed E-state index contributed by atoms with van der Waals surface area (Å²) in [6.07, 6.45) is 14.3. The predicted molar refractivity (Wildman–Crippen MR) is 127 cm³/mol. The van der Waals surface area contributed by atoms with Crippen LogP contribution in [0.4, 0.5) is 0 Å². The maximum Gasteiger partial charge on any atom is 0.0869 e. The Balaban J connectivity index is 1.75. The van der Waals surface area contributed by atoms with Crippen LogP contribution in [0.25, 0.3) is 22.2 Å². The van der Waals surface area contributed by atoms with Crippen LogP contribution in [0.15, 0.2) is 47.6 Å². The first kappa shape index (κ1) is 22.7. The molecule has 0 saturated heterocycles. The molecule has 0 radical (unpaired) electrons. The van der Waals surface area contributed by atoms with Gasteiger partial charge in [0.1, 0.15) is 0 Å². The molecule has 1 aromatic carbocycles. The van der Waals surface area contributed by atoms with Crippen LogP contribution in [0, 0.1) is 5.92 Å². The second-order valence-electron chi connectivity index (χ2n) is 8.67. The average molecular weight is 426 g/mol. The highest BCUT2D eigenvalue weighted by Crippen LogP contribution is 2.28. The van der Waals surface area contributed by atoms with E-state index in [2.05, 4.69) is 31.5 Å². The summed E-state index contributed by atoms with van der Waals surface area (Å²) in [4.78, 5) is 5.56. The highest BCUT2D eigenvalue weighted by atomic mass is 32.2. The zero-order valence-corrected chi connectivity index (χ0v) is 19.6. The Labute approximate surface area is 183 Å². The van der Waals surface area contributed by atoms with Crippen LogP contribution in [0.3, 0.4) is 0 Å². The number of benzene rings is 1. The van der Waals surface area contributed by atoms with Crippen molar-refractivity contribution in [3.63, 3.8) is 0 Å². The van der Waals surface area contributed by atoms with Crippen LogP contribution in [0.1, 0.15) is 71.8 Å². The van der Waals surface area contributed by atoms with E-state index in [9.17, 15) is 4.21 Å². The zero-order valence-electron chi connectivity index (χ0n) is 18.8. The molecular formula is C25H35N3OS. The Morgan fingerprint density at radius 1 is 1.00 bits per heavy atom. The van der Waals surface area contributed by atoms with Crippen molar-refractivity contribution in [2.45, 2.75) is 76.7 Å². The lowest BCUT2D eigenvalue weighted by Crippen LogP contribution is -2.10. The Bertz CT molecular complexity index is 962. The molecular weight excluding hydrogens is 390 g/mol. The van der Waals surface area contributed by atoms with Crippen molar-refractivity contribution in [3.05, 3.63) is 42.7 Å². The molecule has 2 aromatic heterocycles. The minimum Gasteiger partial charge on any atom is -0.260 e. The predicted octanol–water partition coefficient (Wildman–Crippen LogP) is 6.78. The van der Waals surface area contributed by atoms with E-state index in [0.717, 1.165) is 45.8 Å². The van der Waals surface area contributed by atoms with Crippen LogP contribution in [-0.4, -0.2) is 25.2 Å². The molecule has 0 bridgehead atoms. The van der Waals surface area contributed by atoms with E-state index >= 15 is 0 Å². The monoisotopic (exact) mass is 425 g/mol. The van der Waals surface area contributed by atoms with Gasteiger partial charge in [0.05, 0.1) is 29.6 Å². The number of hydrogen-bond donors (Lipinski definition) is 0. The number of aromatic nitrogens is 3. The lowest BCUT2D eigenvalue weighted by atomic mass is 10.0. The Kier molecular flexibility index (Phi) is 8.20. The average Bonchev–Trinajstić information content (AvgIpc) is 3.15. The third kappa shape index (κ3) is 5.78. The minimum absolute atomic E-state index is 0.443. The normalized spacial score (nSPS) is 13.8. The van der Waals surface area contributed by atoms with Gasteiger partial charge in [-0.25, -0.2) is 0 Å². The van der Waals surface area contributed by atoms with Crippen LogP contribution >= 0.6 is 0 Å². The highest BCUT2D eigenvalue weighted by molar-refractivity contribution is 7.84. The van der Waals surface area contributed by atoms with Crippen molar-refractivity contribution >= 4 is 21.7 Å². The van der Waals surface area contributed by atoms with Crippen LogP contribution in [-0.2, 0) is 10.8 Å². The summed E-state index contributed by atoms with van der Waals surface area (Å²) in [6.45, 7) is 6.85. The standard InChI is InChI=1S/C25H35N3OS/c1-5-9-22(11-8-6-7-10-19(2)3)28-25-18-26-24(16-21(25)17-27-28)20-12-14-23(15-13-20)30(4)29/h12-19,22H,5-11H2,1-4H3. The molecule has 0 fully saturated rings. The van der Waals surface area contributed by atoms with Crippen molar-refractivity contribution in [1.82, 2.24) is 14.8 Å². The summed E-state index contributed by atoms with van der Waals surface area (Å²) in [7, 11) is -0.961. The smallest absolute Gasteiger partial charge is 0.0869 e. The van der Waals surface area contributed by atoms with Crippen molar-refractivity contribution in [3.8, 4) is 11.3 Å². The van der Waals surface area contributed by atoms with Crippen molar-refractivity contribution in [1.29, 1.82) is 0 Å². The highest BCUT2D eigenvalue weighted by Gasteiger charge is 2.15. The Morgan fingerprint density at radius 2 is 1.73 bits per heavy atom. The lowest BCUT2D eigenvalue weighted by molar-refractivity contribution is 0.384. The van der Waals surface area contributed by atoms with Gasteiger partial charge in [-0.15, -0.1) is 0 Å². The molecule has 0 N–H and O–H groups in total. The van der Waals surface area contributed by atoms with Crippen LogP contribution < -0.4 is 0 Å². The molecule has 0 aliphatic heterocycles. The van der Waals surface area contributed by atoms with E-state index < -0.39 is 10.8 Å². The second kappa shape index (κ2) is 10.9. The van der Waals surface area contributed by atoms with Crippen molar-refractivity contribution in [2.24, 2.45) is 5.92 Å². The molecule has 0 saturated carbocycles. The number of rotatable bonds is 11. The van der Waals surface area contributed by atoms with Crippen molar-refractivity contribution < 1.29 is 4.21 Å². The maximum absolute atomic E-state index is 11.6. The van der Waals surface area contributed by atoms with Gasteiger partial charge in [-0.3, -0.25) is 13.9 Å². The molecule has 2 heterocycles. The summed E-state index contributed by atoms with van der Waals surface area (Å²) >= 11 is 0. The summed E-state index contributed by atoms with van der Waals surface area (Å²) < 4.78 is 13.8. The molecule has 2 atom stereocenters. The molecule has 30 heavy (non-hydrogen) atoms.